The maximum Gasteiger partial charge on any atom is 0.244 e. The molecule has 1 aromatic carbocycles. The highest BCUT2D eigenvalue weighted by molar-refractivity contribution is 5.99. The molecule has 3 rings (SSSR count). The third-order valence-electron chi connectivity index (χ3n) is 4.17. The van der Waals surface area contributed by atoms with Gasteiger partial charge in [0.2, 0.25) is 5.91 Å². The van der Waals surface area contributed by atoms with Gasteiger partial charge in [-0.1, -0.05) is 18.2 Å². The van der Waals surface area contributed by atoms with Gasteiger partial charge in [-0.25, -0.2) is 0 Å². The number of amides is 1. The maximum atomic E-state index is 12.8. The molecule has 1 amide bonds. The predicted molar refractivity (Wildman–Crippen MR) is 86.8 cm³/mol. The Hall–Kier alpha value is -2.14. The molecule has 1 aliphatic rings. The fourth-order valence-corrected chi connectivity index (χ4v) is 3.03. The minimum absolute atomic E-state index is 0.137. The highest BCUT2D eigenvalue weighted by atomic mass is 16.2. The number of nitrogens with zero attached hydrogens (tertiary/aromatic N) is 3. The van der Waals surface area contributed by atoms with Crippen molar-refractivity contribution in [3.63, 3.8) is 0 Å². The Bertz CT molecular complexity index is 638. The predicted octanol–water partition coefficient (Wildman–Crippen LogP) is 1.84. The van der Waals surface area contributed by atoms with Crippen LogP contribution in [0.1, 0.15) is 19.4 Å². The van der Waals surface area contributed by atoms with Gasteiger partial charge in [-0.05, 0) is 38.0 Å². The van der Waals surface area contributed by atoms with Crippen LogP contribution in [-0.4, -0.2) is 34.3 Å². The molecule has 5 heteroatoms. The minimum atomic E-state index is -0.204. The third kappa shape index (κ3) is 2.90. The van der Waals surface area contributed by atoms with Crippen LogP contribution in [0.5, 0.6) is 0 Å². The monoisotopic (exact) mass is 298 g/mol. The van der Waals surface area contributed by atoms with Crippen LogP contribution in [0.15, 0.2) is 42.7 Å². The van der Waals surface area contributed by atoms with Crippen molar-refractivity contribution in [1.82, 2.24) is 15.1 Å². The lowest BCUT2D eigenvalue weighted by atomic mass is 10.1. The zero-order chi connectivity index (χ0) is 15.5. The first kappa shape index (κ1) is 14.8. The summed E-state index contributed by atoms with van der Waals surface area (Å²) in [5.41, 5.74) is 2.31. The summed E-state index contributed by atoms with van der Waals surface area (Å²) >= 11 is 0. The van der Waals surface area contributed by atoms with E-state index >= 15 is 0 Å². The topological polar surface area (TPSA) is 50.2 Å². The summed E-state index contributed by atoms with van der Waals surface area (Å²) in [4.78, 5) is 14.7. The summed E-state index contributed by atoms with van der Waals surface area (Å²) in [6, 6.07) is 10.1. The molecule has 2 aromatic rings. The van der Waals surface area contributed by atoms with Gasteiger partial charge >= 0.3 is 0 Å². The van der Waals surface area contributed by atoms with Crippen LogP contribution in [0.3, 0.4) is 0 Å². The van der Waals surface area contributed by atoms with E-state index in [0.717, 1.165) is 25.2 Å². The smallest absolute Gasteiger partial charge is 0.244 e. The minimum Gasteiger partial charge on any atom is -0.308 e. The van der Waals surface area contributed by atoms with E-state index in [4.69, 9.17) is 0 Å². The van der Waals surface area contributed by atoms with Crippen LogP contribution >= 0.6 is 0 Å². The Morgan fingerprint density at radius 2 is 2.23 bits per heavy atom. The van der Waals surface area contributed by atoms with Gasteiger partial charge in [0.25, 0.3) is 0 Å². The molecular formula is C17H22N4O. The van der Waals surface area contributed by atoms with Crippen molar-refractivity contribution in [1.29, 1.82) is 0 Å². The molecule has 22 heavy (non-hydrogen) atoms. The average Bonchev–Trinajstić information content (AvgIpc) is 3.13. The molecule has 0 bridgehead atoms. The van der Waals surface area contributed by atoms with Crippen molar-refractivity contribution in [2.45, 2.75) is 38.9 Å². The molecule has 0 unspecified atom stereocenters. The Balaban J connectivity index is 1.61. The highest BCUT2D eigenvalue weighted by Crippen LogP contribution is 2.32. The first-order valence-corrected chi connectivity index (χ1v) is 7.78. The van der Waals surface area contributed by atoms with E-state index in [1.54, 1.807) is 6.20 Å². The first-order chi connectivity index (χ1) is 10.7. The summed E-state index contributed by atoms with van der Waals surface area (Å²) in [7, 11) is 0. The highest BCUT2D eigenvalue weighted by Gasteiger charge is 2.32. The number of benzene rings is 1. The van der Waals surface area contributed by atoms with Gasteiger partial charge in [0.05, 0.1) is 12.6 Å². The number of hydrogen-bond donors (Lipinski definition) is 1. The summed E-state index contributed by atoms with van der Waals surface area (Å²) in [5, 5.41) is 7.46. The van der Waals surface area contributed by atoms with Crippen LogP contribution in [0.25, 0.3) is 0 Å². The van der Waals surface area contributed by atoms with Crippen molar-refractivity contribution in [3.8, 4) is 0 Å². The van der Waals surface area contributed by atoms with Crippen molar-refractivity contribution in [3.05, 3.63) is 48.3 Å². The number of fused-ring (bicyclic) bond motifs is 1. The van der Waals surface area contributed by atoms with Gasteiger partial charge in [0, 0.05) is 30.7 Å². The number of carbonyl (C=O) groups excluding carboxylic acids is 1. The average molecular weight is 298 g/mol. The van der Waals surface area contributed by atoms with Crippen LogP contribution in [0, 0.1) is 0 Å². The lowest BCUT2D eigenvalue weighted by Crippen LogP contribution is -2.48. The Labute approximate surface area is 130 Å². The number of carbonyl (C=O) groups is 1. The standard InChI is InChI=1S/C17H22N4O/c1-13-12-15-6-3-4-7-16(15)21(13)17(22)14(2)18-9-11-20-10-5-8-19-20/h3-8,10,13-14,18H,9,11-12H2,1-2H3/t13-,14-/m0/s1. The van der Waals surface area contributed by atoms with E-state index in [1.807, 2.05) is 47.0 Å². The van der Waals surface area contributed by atoms with Gasteiger partial charge in [-0.2, -0.15) is 5.10 Å². The number of rotatable bonds is 5. The largest absolute Gasteiger partial charge is 0.308 e. The zero-order valence-electron chi connectivity index (χ0n) is 13.1. The number of anilines is 1. The molecule has 5 nitrogen and oxygen atoms in total. The van der Waals surface area contributed by atoms with E-state index in [9.17, 15) is 4.79 Å². The summed E-state index contributed by atoms with van der Waals surface area (Å²) in [5.74, 6) is 0.137. The van der Waals surface area contributed by atoms with Gasteiger partial charge < -0.3 is 10.2 Å². The van der Waals surface area contributed by atoms with E-state index in [0.29, 0.717) is 0 Å². The fourth-order valence-electron chi connectivity index (χ4n) is 3.03. The van der Waals surface area contributed by atoms with Gasteiger partial charge in [0.1, 0.15) is 0 Å². The molecule has 0 aliphatic carbocycles. The van der Waals surface area contributed by atoms with Gasteiger partial charge in [0.15, 0.2) is 0 Å². The van der Waals surface area contributed by atoms with Crippen molar-refractivity contribution >= 4 is 11.6 Å². The molecule has 0 saturated carbocycles. The van der Waals surface area contributed by atoms with Crippen LogP contribution < -0.4 is 10.2 Å². The molecule has 0 radical (unpaired) electrons. The molecule has 0 saturated heterocycles. The molecule has 1 N–H and O–H groups in total. The summed E-state index contributed by atoms with van der Waals surface area (Å²) in [6.45, 7) is 5.52. The third-order valence-corrected chi connectivity index (χ3v) is 4.17. The van der Waals surface area contributed by atoms with Crippen molar-refractivity contribution in [2.24, 2.45) is 0 Å². The number of para-hydroxylation sites is 1. The Morgan fingerprint density at radius 1 is 1.41 bits per heavy atom. The molecule has 2 atom stereocenters. The molecule has 1 aromatic heterocycles. The summed E-state index contributed by atoms with van der Waals surface area (Å²) < 4.78 is 1.86. The number of nitrogens with one attached hydrogen (secondary N) is 1. The van der Waals surface area contributed by atoms with Crippen LogP contribution in [0.2, 0.25) is 0 Å². The van der Waals surface area contributed by atoms with Crippen molar-refractivity contribution < 1.29 is 4.79 Å². The lowest BCUT2D eigenvalue weighted by molar-refractivity contribution is -0.120. The normalized spacial score (nSPS) is 18.3. The van der Waals surface area contributed by atoms with E-state index < -0.39 is 0 Å². The SMILES string of the molecule is C[C@H](NCCn1cccn1)C(=O)N1c2ccccc2C[C@@H]1C. The van der Waals surface area contributed by atoms with E-state index in [1.165, 1.54) is 5.56 Å². The second kappa shape index (κ2) is 6.32. The van der Waals surface area contributed by atoms with Gasteiger partial charge in [-0.15, -0.1) is 0 Å². The Morgan fingerprint density at radius 3 is 3.00 bits per heavy atom. The maximum absolute atomic E-state index is 12.8. The lowest BCUT2D eigenvalue weighted by Gasteiger charge is -2.26. The Kier molecular flexibility index (Phi) is 4.24. The second-order valence-corrected chi connectivity index (χ2v) is 5.84. The molecule has 0 spiro atoms. The molecule has 1 aliphatic heterocycles. The summed E-state index contributed by atoms with van der Waals surface area (Å²) in [6.07, 6.45) is 4.62. The second-order valence-electron chi connectivity index (χ2n) is 5.84. The molecule has 2 heterocycles. The van der Waals surface area contributed by atoms with E-state index in [-0.39, 0.29) is 18.0 Å². The number of aromatic nitrogens is 2. The molecule has 116 valence electrons. The quantitative estimate of drug-likeness (QED) is 0.916. The first-order valence-electron chi connectivity index (χ1n) is 7.78. The fraction of sp³-hybridized carbons (Fsp3) is 0.412. The van der Waals surface area contributed by atoms with E-state index in [2.05, 4.69) is 23.4 Å². The van der Waals surface area contributed by atoms with Crippen molar-refractivity contribution in [2.75, 3.05) is 11.4 Å². The molecule has 0 fully saturated rings. The zero-order valence-corrected chi connectivity index (χ0v) is 13.1. The van der Waals surface area contributed by atoms with Crippen LogP contribution in [-0.2, 0) is 17.8 Å². The van der Waals surface area contributed by atoms with Gasteiger partial charge in [-0.3, -0.25) is 9.48 Å². The molecular weight excluding hydrogens is 276 g/mol. The number of hydrogen-bond acceptors (Lipinski definition) is 3. The van der Waals surface area contributed by atoms with Crippen LogP contribution in [0.4, 0.5) is 5.69 Å².